The molecular formula is C17H27N3. The van der Waals surface area contributed by atoms with E-state index in [0.29, 0.717) is 11.5 Å². The lowest BCUT2D eigenvalue weighted by Crippen LogP contribution is -2.48. The van der Waals surface area contributed by atoms with Crippen LogP contribution in [0.4, 0.5) is 0 Å². The van der Waals surface area contributed by atoms with Gasteiger partial charge in [0.2, 0.25) is 0 Å². The van der Waals surface area contributed by atoms with Crippen LogP contribution in [-0.2, 0) is 13.5 Å². The van der Waals surface area contributed by atoms with E-state index in [0.717, 1.165) is 24.2 Å². The normalized spacial score (nSPS) is 40.2. The molecule has 20 heavy (non-hydrogen) atoms. The summed E-state index contributed by atoms with van der Waals surface area (Å²) in [6.07, 6.45) is 15.3. The van der Waals surface area contributed by atoms with Crippen molar-refractivity contribution in [3.8, 4) is 0 Å². The average molecular weight is 273 g/mol. The van der Waals surface area contributed by atoms with Crippen molar-refractivity contribution in [2.24, 2.45) is 36.0 Å². The topological polar surface area (TPSA) is 43.8 Å². The van der Waals surface area contributed by atoms with E-state index in [4.69, 9.17) is 5.73 Å². The monoisotopic (exact) mass is 273 g/mol. The maximum atomic E-state index is 6.50. The zero-order chi connectivity index (χ0) is 13.7. The van der Waals surface area contributed by atoms with Crippen molar-refractivity contribution in [2.45, 2.75) is 57.4 Å². The first-order chi connectivity index (χ1) is 9.60. The van der Waals surface area contributed by atoms with Gasteiger partial charge in [0.15, 0.2) is 0 Å². The molecule has 1 heterocycles. The quantitative estimate of drug-likeness (QED) is 0.916. The van der Waals surface area contributed by atoms with Crippen molar-refractivity contribution in [2.75, 3.05) is 0 Å². The Hall–Kier alpha value is -0.830. The van der Waals surface area contributed by atoms with Crippen LogP contribution in [0.3, 0.4) is 0 Å². The summed E-state index contributed by atoms with van der Waals surface area (Å²) in [5, 5.41) is 4.26. The number of rotatable bonds is 4. The van der Waals surface area contributed by atoms with E-state index >= 15 is 0 Å². The molecule has 1 aromatic heterocycles. The summed E-state index contributed by atoms with van der Waals surface area (Å²) in [6.45, 7) is 0. The molecule has 4 aliphatic carbocycles. The Morgan fingerprint density at radius 3 is 2.35 bits per heavy atom. The van der Waals surface area contributed by atoms with Gasteiger partial charge in [-0.2, -0.15) is 5.10 Å². The fraction of sp³-hybridized carbons (Fsp3) is 0.824. The van der Waals surface area contributed by atoms with Gasteiger partial charge in [-0.15, -0.1) is 0 Å². The first kappa shape index (κ1) is 12.9. The third-order valence-electron chi connectivity index (χ3n) is 6.12. The fourth-order valence-corrected chi connectivity index (χ4v) is 6.05. The van der Waals surface area contributed by atoms with Gasteiger partial charge in [0.25, 0.3) is 0 Å². The number of aromatic nitrogens is 2. The Labute approximate surface area is 121 Å². The van der Waals surface area contributed by atoms with Crippen LogP contribution in [0.15, 0.2) is 12.4 Å². The van der Waals surface area contributed by atoms with E-state index in [2.05, 4.69) is 11.3 Å². The minimum absolute atomic E-state index is 0.315. The maximum Gasteiger partial charge on any atom is 0.0522 e. The molecule has 1 aromatic rings. The molecule has 0 saturated heterocycles. The molecule has 4 aliphatic rings. The molecule has 0 radical (unpaired) electrons. The summed E-state index contributed by atoms with van der Waals surface area (Å²) in [4.78, 5) is 0. The van der Waals surface area contributed by atoms with Crippen molar-refractivity contribution in [3.05, 3.63) is 18.0 Å². The Balaban J connectivity index is 1.43. The van der Waals surface area contributed by atoms with Crippen molar-refractivity contribution >= 4 is 0 Å². The van der Waals surface area contributed by atoms with Gasteiger partial charge in [-0.05, 0) is 80.1 Å². The number of hydrogen-bond donors (Lipinski definition) is 1. The highest BCUT2D eigenvalue weighted by Crippen LogP contribution is 2.61. The minimum Gasteiger partial charge on any atom is -0.327 e. The van der Waals surface area contributed by atoms with Crippen LogP contribution in [0.1, 0.15) is 50.5 Å². The molecule has 4 bridgehead atoms. The van der Waals surface area contributed by atoms with Crippen molar-refractivity contribution in [1.82, 2.24) is 9.78 Å². The zero-order valence-electron chi connectivity index (χ0n) is 12.6. The van der Waals surface area contributed by atoms with Gasteiger partial charge in [-0.3, -0.25) is 4.68 Å². The molecule has 2 N–H and O–H groups in total. The molecule has 110 valence electrons. The van der Waals surface area contributed by atoms with Gasteiger partial charge in [-0.1, -0.05) is 0 Å². The van der Waals surface area contributed by atoms with Crippen molar-refractivity contribution < 1.29 is 0 Å². The van der Waals surface area contributed by atoms with Crippen LogP contribution < -0.4 is 5.73 Å². The first-order valence-electron chi connectivity index (χ1n) is 8.33. The van der Waals surface area contributed by atoms with Gasteiger partial charge in [-0.25, -0.2) is 0 Å². The van der Waals surface area contributed by atoms with E-state index in [1.165, 1.54) is 50.5 Å². The van der Waals surface area contributed by atoms with E-state index < -0.39 is 0 Å². The van der Waals surface area contributed by atoms with Gasteiger partial charge in [0.05, 0.1) is 6.20 Å². The second-order valence-electron chi connectivity index (χ2n) is 8.11. The lowest BCUT2D eigenvalue weighted by molar-refractivity contribution is -0.0602. The number of hydrogen-bond acceptors (Lipinski definition) is 2. The van der Waals surface area contributed by atoms with E-state index in [9.17, 15) is 0 Å². The van der Waals surface area contributed by atoms with E-state index in [1.54, 1.807) is 0 Å². The fourth-order valence-electron chi connectivity index (χ4n) is 6.05. The highest BCUT2D eigenvalue weighted by Gasteiger charge is 2.50. The molecular weight excluding hydrogens is 246 g/mol. The summed E-state index contributed by atoms with van der Waals surface area (Å²) < 4.78 is 1.88. The minimum atomic E-state index is 0.315. The summed E-state index contributed by atoms with van der Waals surface area (Å²) in [7, 11) is 1.98. The van der Waals surface area contributed by atoms with Gasteiger partial charge >= 0.3 is 0 Å². The summed E-state index contributed by atoms with van der Waals surface area (Å²) in [6, 6.07) is 0.315. The Kier molecular flexibility index (Phi) is 2.95. The lowest BCUT2D eigenvalue weighted by atomic mass is 9.48. The highest BCUT2D eigenvalue weighted by atomic mass is 15.2. The third kappa shape index (κ3) is 2.30. The highest BCUT2D eigenvalue weighted by molar-refractivity contribution is 5.08. The standard InChI is InChI=1S/C17H27N3/c1-20-11-15(10-19-20)5-16(18)9-17-6-12-2-13(7-17)4-14(3-12)8-17/h10-14,16H,2-9,18H2,1H3. The maximum absolute atomic E-state index is 6.50. The molecule has 1 atom stereocenters. The third-order valence-corrected chi connectivity index (χ3v) is 6.12. The smallest absolute Gasteiger partial charge is 0.0522 e. The van der Waals surface area contributed by atoms with Gasteiger partial charge < -0.3 is 5.73 Å². The zero-order valence-corrected chi connectivity index (χ0v) is 12.6. The SMILES string of the molecule is Cn1cc(CC(N)CC23CC4CC(CC(C4)C2)C3)cn1. The first-order valence-corrected chi connectivity index (χ1v) is 8.33. The molecule has 0 spiro atoms. The van der Waals surface area contributed by atoms with Crippen LogP contribution in [0.25, 0.3) is 0 Å². The summed E-state index contributed by atoms with van der Waals surface area (Å²) in [5.74, 6) is 3.10. The summed E-state index contributed by atoms with van der Waals surface area (Å²) in [5.41, 5.74) is 8.40. The van der Waals surface area contributed by atoms with E-state index in [-0.39, 0.29) is 0 Å². The van der Waals surface area contributed by atoms with Crippen LogP contribution >= 0.6 is 0 Å². The molecule has 0 aromatic carbocycles. The molecule has 0 aliphatic heterocycles. The largest absolute Gasteiger partial charge is 0.327 e. The number of aryl methyl sites for hydroxylation is 1. The molecule has 5 rings (SSSR count). The average Bonchev–Trinajstić information content (AvgIpc) is 2.71. The molecule has 1 unspecified atom stereocenters. The summed E-state index contributed by atoms with van der Waals surface area (Å²) >= 11 is 0. The predicted octanol–water partition coefficient (Wildman–Crippen LogP) is 2.90. The van der Waals surface area contributed by atoms with E-state index in [1.807, 2.05) is 17.9 Å². The van der Waals surface area contributed by atoms with Gasteiger partial charge in [0, 0.05) is 19.3 Å². The van der Waals surface area contributed by atoms with Crippen LogP contribution in [-0.4, -0.2) is 15.8 Å². The second kappa shape index (κ2) is 4.59. The second-order valence-corrected chi connectivity index (χ2v) is 8.11. The molecule has 4 saturated carbocycles. The Morgan fingerprint density at radius 1 is 1.25 bits per heavy atom. The molecule has 0 amide bonds. The van der Waals surface area contributed by atoms with Crippen molar-refractivity contribution in [3.63, 3.8) is 0 Å². The van der Waals surface area contributed by atoms with Crippen LogP contribution in [0.5, 0.6) is 0 Å². The molecule has 3 heteroatoms. The predicted molar refractivity (Wildman–Crippen MR) is 80.1 cm³/mol. The van der Waals surface area contributed by atoms with Crippen LogP contribution in [0, 0.1) is 23.2 Å². The Bertz CT molecular complexity index is 455. The molecule has 4 fully saturated rings. The Morgan fingerprint density at radius 2 is 1.85 bits per heavy atom. The van der Waals surface area contributed by atoms with Crippen LogP contribution in [0.2, 0.25) is 0 Å². The van der Waals surface area contributed by atoms with Crippen molar-refractivity contribution in [1.29, 1.82) is 0 Å². The lowest BCUT2D eigenvalue weighted by Gasteiger charge is -2.57. The molecule has 3 nitrogen and oxygen atoms in total. The number of nitrogens with zero attached hydrogens (tertiary/aromatic N) is 2. The van der Waals surface area contributed by atoms with Gasteiger partial charge in [0.1, 0.15) is 0 Å². The number of nitrogens with two attached hydrogens (primary N) is 1.